The van der Waals surface area contributed by atoms with Gasteiger partial charge in [0, 0.05) is 11.3 Å². The third-order valence-corrected chi connectivity index (χ3v) is 7.17. The third kappa shape index (κ3) is 8.39. The summed E-state index contributed by atoms with van der Waals surface area (Å²) in [6.07, 6.45) is -3.51. The third-order valence-electron chi connectivity index (χ3n) is 7.17. The Morgan fingerprint density at radius 1 is 1.27 bits per heavy atom. The number of ether oxygens (including phenoxy) is 2. The van der Waals surface area contributed by atoms with E-state index in [2.05, 4.69) is 24.7 Å². The highest BCUT2D eigenvalue weighted by molar-refractivity contribution is 5.99. The number of benzene rings is 1. The number of nitrogens with zero attached hydrogens (tertiary/aromatic N) is 2. The van der Waals surface area contributed by atoms with Crippen LogP contribution in [0.1, 0.15) is 64.0 Å². The second-order valence-electron chi connectivity index (χ2n) is 9.82. The maximum atomic E-state index is 12.7. The van der Waals surface area contributed by atoms with E-state index in [0.717, 1.165) is 24.0 Å². The number of allylic oxidation sites excluding steroid dienone is 3. The summed E-state index contributed by atoms with van der Waals surface area (Å²) in [6, 6.07) is 5.58. The van der Waals surface area contributed by atoms with Gasteiger partial charge >= 0.3 is 6.18 Å². The number of nitrogens with two attached hydrogens (primary N) is 2. The number of hydrogen-bond donors (Lipinski definition) is 3. The molecule has 0 spiro atoms. The van der Waals surface area contributed by atoms with Crippen molar-refractivity contribution >= 4 is 17.6 Å². The van der Waals surface area contributed by atoms with Crippen molar-refractivity contribution in [3.05, 3.63) is 72.5 Å². The van der Waals surface area contributed by atoms with Crippen molar-refractivity contribution in [2.45, 2.75) is 83.3 Å². The summed E-state index contributed by atoms with van der Waals surface area (Å²) in [7, 11) is 0. The molecule has 8 nitrogen and oxygen atoms in total. The van der Waals surface area contributed by atoms with Crippen LogP contribution in [0, 0.1) is 0 Å². The van der Waals surface area contributed by atoms with Crippen LogP contribution in [0.15, 0.2) is 66.4 Å². The molecule has 2 unspecified atom stereocenters. The van der Waals surface area contributed by atoms with Crippen LogP contribution in [-0.4, -0.2) is 52.4 Å². The first-order chi connectivity index (χ1) is 19.2. The minimum atomic E-state index is -4.59. The Labute approximate surface area is 239 Å². The van der Waals surface area contributed by atoms with Crippen molar-refractivity contribution in [2.24, 2.45) is 16.5 Å². The van der Waals surface area contributed by atoms with Crippen LogP contribution in [0.3, 0.4) is 0 Å². The monoisotopic (exact) mass is 578 g/mol. The fourth-order valence-electron chi connectivity index (χ4n) is 4.58. The van der Waals surface area contributed by atoms with Gasteiger partial charge in [0.05, 0.1) is 25.1 Å². The second-order valence-corrected chi connectivity index (χ2v) is 9.82. The molecule has 3 rings (SSSR count). The fraction of sp³-hybridized carbons (Fsp3) is 0.467. The van der Waals surface area contributed by atoms with E-state index in [4.69, 9.17) is 20.9 Å². The summed E-state index contributed by atoms with van der Waals surface area (Å²) in [5.41, 5.74) is 14.2. The van der Waals surface area contributed by atoms with E-state index in [-0.39, 0.29) is 29.6 Å². The van der Waals surface area contributed by atoms with Gasteiger partial charge in [-0.25, -0.2) is 4.99 Å². The number of halogens is 3. The summed E-state index contributed by atoms with van der Waals surface area (Å²) in [6.45, 7) is 17.5. The summed E-state index contributed by atoms with van der Waals surface area (Å²) in [5, 5.41) is 9.37. The van der Waals surface area contributed by atoms with Gasteiger partial charge < -0.3 is 26.0 Å². The Bertz CT molecular complexity index is 1190. The molecule has 0 fully saturated rings. The summed E-state index contributed by atoms with van der Waals surface area (Å²) in [5.74, 6) is 0.986. The van der Waals surface area contributed by atoms with Gasteiger partial charge in [-0.15, -0.1) is 0 Å². The van der Waals surface area contributed by atoms with Crippen molar-refractivity contribution in [3.8, 4) is 5.75 Å². The summed E-state index contributed by atoms with van der Waals surface area (Å²) < 4.78 is 48.1. The van der Waals surface area contributed by atoms with E-state index >= 15 is 0 Å². The molecule has 5 N–H and O–H groups in total. The Balaban J connectivity index is 0.000000317. The Morgan fingerprint density at radius 3 is 2.41 bits per heavy atom. The molecule has 0 saturated carbocycles. The van der Waals surface area contributed by atoms with Gasteiger partial charge in [0.15, 0.2) is 5.96 Å². The Kier molecular flexibility index (Phi) is 11.6. The van der Waals surface area contributed by atoms with Crippen molar-refractivity contribution in [2.75, 3.05) is 6.61 Å². The molecule has 1 aromatic carbocycles. The van der Waals surface area contributed by atoms with Gasteiger partial charge in [0.2, 0.25) is 12.0 Å². The molecule has 2 aliphatic rings. The number of aliphatic hydroxyl groups is 1. The normalized spacial score (nSPS) is 20.6. The molecule has 226 valence electrons. The first kappa shape index (κ1) is 33.5. The predicted octanol–water partition coefficient (Wildman–Crippen LogP) is 5.34. The molecular weight excluding hydrogens is 537 g/mol. The number of carbonyl (C=O) groups is 1. The largest absolute Gasteiger partial charge is 0.494 e. The van der Waals surface area contributed by atoms with Crippen molar-refractivity contribution in [1.82, 2.24) is 4.90 Å². The van der Waals surface area contributed by atoms with Crippen molar-refractivity contribution < 1.29 is 32.5 Å². The zero-order valence-electron chi connectivity index (χ0n) is 24.0. The Morgan fingerprint density at radius 2 is 1.93 bits per heavy atom. The second kappa shape index (κ2) is 14.2. The number of alkyl halides is 3. The molecule has 2 atom stereocenters. The van der Waals surface area contributed by atoms with Crippen LogP contribution in [0.2, 0.25) is 0 Å². The van der Waals surface area contributed by atoms with Crippen molar-refractivity contribution in [1.29, 1.82) is 0 Å². The molecule has 0 saturated heterocycles. The highest BCUT2D eigenvalue weighted by Crippen LogP contribution is 2.34. The van der Waals surface area contributed by atoms with Crippen molar-refractivity contribution in [3.63, 3.8) is 0 Å². The minimum absolute atomic E-state index is 0.0110. The molecule has 41 heavy (non-hydrogen) atoms. The number of carbonyl (C=O) groups excluding carboxylic acids is 1. The van der Waals surface area contributed by atoms with Gasteiger partial charge in [-0.1, -0.05) is 39.7 Å². The number of aliphatic imine (C=N–C) groups is 1. The van der Waals surface area contributed by atoms with Gasteiger partial charge in [-0.3, -0.25) is 9.69 Å². The smallest absolute Gasteiger partial charge is 0.427 e. The molecular formula is C30H41F3N4O4. The van der Waals surface area contributed by atoms with Crippen LogP contribution in [0.4, 0.5) is 13.2 Å². The molecule has 1 aromatic rings. The lowest BCUT2D eigenvalue weighted by molar-refractivity contribution is -0.233. The maximum absolute atomic E-state index is 12.7. The summed E-state index contributed by atoms with van der Waals surface area (Å²) >= 11 is 0. The van der Waals surface area contributed by atoms with E-state index < -0.39 is 18.4 Å². The van der Waals surface area contributed by atoms with E-state index in [1.54, 1.807) is 0 Å². The standard InChI is InChI=1S/C19H28N4O2.C11H13F3O2/c1-5-19(6-2)11-17(24)23(18(21)22-19)12-15-10-14(13(4)20)8-9-16(15)25-7-3;1-3-7-5-6-8(15)10(11(12,13)14)16-9(7)4-2/h8-10H,4-7,11-12,20H2,1-3H3,(H2,21,22);3-4,8,10,15H,1-2,5-6H2. The maximum Gasteiger partial charge on any atom is 0.427 e. The SMILES string of the molecule is C=C(N)c1ccc(OCC)c(CN2C(=O)CC(CC)(CC)N=C2N)c1.C=CC1=C(C=C)OC(C(F)(F)F)C(O)CC1. The van der Waals surface area contributed by atoms with E-state index in [1.165, 1.54) is 17.1 Å². The van der Waals surface area contributed by atoms with E-state index in [1.807, 2.05) is 39.0 Å². The number of aliphatic hydroxyl groups excluding tert-OH is 1. The molecule has 0 bridgehead atoms. The molecule has 0 aliphatic carbocycles. The van der Waals surface area contributed by atoms with E-state index in [0.29, 0.717) is 43.0 Å². The topological polar surface area (TPSA) is 123 Å². The number of guanidine groups is 1. The van der Waals surface area contributed by atoms with Crippen LogP contribution in [0.5, 0.6) is 5.75 Å². The van der Waals surface area contributed by atoms with Crippen LogP contribution in [0.25, 0.3) is 5.70 Å². The highest BCUT2D eigenvalue weighted by atomic mass is 19.4. The molecule has 2 heterocycles. The van der Waals surface area contributed by atoms with Gasteiger partial charge in [-0.2, -0.15) is 13.2 Å². The first-order valence-electron chi connectivity index (χ1n) is 13.5. The average molecular weight is 579 g/mol. The Hall–Kier alpha value is -3.73. The van der Waals surface area contributed by atoms with Gasteiger partial charge in [-0.05, 0) is 68.0 Å². The fourth-order valence-corrected chi connectivity index (χ4v) is 4.58. The number of hydrogen-bond acceptors (Lipinski definition) is 7. The zero-order valence-corrected chi connectivity index (χ0v) is 24.0. The predicted molar refractivity (Wildman–Crippen MR) is 155 cm³/mol. The minimum Gasteiger partial charge on any atom is -0.494 e. The molecule has 1 amide bonds. The summed E-state index contributed by atoms with van der Waals surface area (Å²) in [4.78, 5) is 18.9. The molecule has 11 heteroatoms. The van der Waals surface area contributed by atoms with Crippen LogP contribution < -0.4 is 16.2 Å². The molecule has 2 aliphatic heterocycles. The number of rotatable bonds is 9. The van der Waals surface area contributed by atoms with Gasteiger partial charge in [0.1, 0.15) is 17.6 Å². The average Bonchev–Trinajstić information content (AvgIpc) is 3.09. The van der Waals surface area contributed by atoms with Crippen LogP contribution in [-0.2, 0) is 16.1 Å². The lowest BCUT2D eigenvalue weighted by atomic mass is 9.88. The van der Waals surface area contributed by atoms with Crippen LogP contribution >= 0.6 is 0 Å². The lowest BCUT2D eigenvalue weighted by Crippen LogP contribution is -2.50. The number of amides is 1. The quantitative estimate of drug-likeness (QED) is 0.364. The first-order valence-corrected chi connectivity index (χ1v) is 13.5. The lowest BCUT2D eigenvalue weighted by Gasteiger charge is -2.36. The zero-order chi connectivity index (χ0) is 31.0. The van der Waals surface area contributed by atoms with E-state index in [9.17, 15) is 23.1 Å². The molecule has 0 radical (unpaired) electrons. The highest BCUT2D eigenvalue weighted by Gasteiger charge is 2.47. The molecule has 0 aromatic heterocycles. The van der Waals surface area contributed by atoms with Gasteiger partial charge in [0.25, 0.3) is 0 Å².